The topological polar surface area (TPSA) is 59.0 Å². The van der Waals surface area contributed by atoms with Crippen molar-refractivity contribution in [1.29, 1.82) is 0 Å². The predicted octanol–water partition coefficient (Wildman–Crippen LogP) is 1.58. The summed E-state index contributed by atoms with van der Waals surface area (Å²) in [5.41, 5.74) is 0. The lowest BCUT2D eigenvalue weighted by molar-refractivity contribution is -0.143. The number of unbranched alkanes of at least 4 members (excludes halogenated alkanes) is 2. The number of nitrogens with zero attached hydrogens (tertiary/aromatic N) is 1. The minimum Gasteiger partial charge on any atom is -0.466 e. The molecule has 1 aliphatic heterocycles. The van der Waals surface area contributed by atoms with Gasteiger partial charge in [-0.3, -0.25) is 4.79 Å². The first-order chi connectivity index (χ1) is 9.76. The highest BCUT2D eigenvalue weighted by molar-refractivity contribution is 5.69. The van der Waals surface area contributed by atoms with Crippen LogP contribution in [0.25, 0.3) is 0 Å². The molecule has 0 aliphatic carbocycles. The quantitative estimate of drug-likeness (QED) is 0.488. The number of aliphatic hydroxyl groups is 1. The predicted molar refractivity (Wildman–Crippen MR) is 77.6 cm³/mol. The molecule has 0 amide bonds. The molecule has 1 aliphatic rings. The van der Waals surface area contributed by atoms with Gasteiger partial charge in [-0.2, -0.15) is 0 Å². The van der Waals surface area contributed by atoms with Gasteiger partial charge in [-0.05, 0) is 39.2 Å². The number of carbonyl (C=O) groups excluding carboxylic acids is 1. The normalized spacial score (nSPS) is 17.3. The van der Waals surface area contributed by atoms with E-state index in [1.165, 1.54) is 0 Å². The molecule has 0 atom stereocenters. The van der Waals surface area contributed by atoms with E-state index in [0.29, 0.717) is 25.7 Å². The Kier molecular flexibility index (Phi) is 9.62. The number of hydrogen-bond donors (Lipinski definition) is 1. The van der Waals surface area contributed by atoms with Crippen LogP contribution in [0.2, 0.25) is 0 Å². The monoisotopic (exact) mass is 287 g/mol. The van der Waals surface area contributed by atoms with Crippen molar-refractivity contribution >= 4 is 5.97 Å². The SMILES string of the molecule is CCOC(=O)CCCCCN1CCC(OCCO)CC1. The largest absolute Gasteiger partial charge is 0.466 e. The highest BCUT2D eigenvalue weighted by Gasteiger charge is 2.18. The molecule has 0 aromatic carbocycles. The Bertz CT molecular complexity index is 252. The van der Waals surface area contributed by atoms with E-state index in [-0.39, 0.29) is 12.6 Å². The van der Waals surface area contributed by atoms with Gasteiger partial charge in [-0.15, -0.1) is 0 Å². The van der Waals surface area contributed by atoms with E-state index in [4.69, 9.17) is 14.6 Å². The van der Waals surface area contributed by atoms with E-state index in [1.54, 1.807) is 0 Å². The van der Waals surface area contributed by atoms with Gasteiger partial charge in [-0.25, -0.2) is 0 Å². The molecule has 0 aromatic rings. The van der Waals surface area contributed by atoms with Crippen molar-refractivity contribution in [2.75, 3.05) is 39.5 Å². The lowest BCUT2D eigenvalue weighted by Crippen LogP contribution is -2.37. The van der Waals surface area contributed by atoms with Crippen LogP contribution in [0.15, 0.2) is 0 Å². The summed E-state index contributed by atoms with van der Waals surface area (Å²) in [7, 11) is 0. The van der Waals surface area contributed by atoms with Gasteiger partial charge in [-0.1, -0.05) is 6.42 Å². The Morgan fingerprint density at radius 2 is 2.00 bits per heavy atom. The number of esters is 1. The van der Waals surface area contributed by atoms with Gasteiger partial charge >= 0.3 is 5.97 Å². The van der Waals surface area contributed by atoms with Gasteiger partial charge in [0, 0.05) is 19.5 Å². The van der Waals surface area contributed by atoms with Gasteiger partial charge in [0.1, 0.15) is 0 Å². The maximum atomic E-state index is 11.2. The molecule has 0 unspecified atom stereocenters. The second kappa shape index (κ2) is 11.1. The Morgan fingerprint density at radius 1 is 1.25 bits per heavy atom. The van der Waals surface area contributed by atoms with Crippen LogP contribution in [-0.4, -0.2) is 61.5 Å². The van der Waals surface area contributed by atoms with Crippen LogP contribution >= 0.6 is 0 Å². The lowest BCUT2D eigenvalue weighted by atomic mass is 10.1. The van der Waals surface area contributed by atoms with Crippen molar-refractivity contribution < 1.29 is 19.4 Å². The van der Waals surface area contributed by atoms with E-state index in [9.17, 15) is 4.79 Å². The molecule has 5 heteroatoms. The Hall–Kier alpha value is -0.650. The van der Waals surface area contributed by atoms with Gasteiger partial charge in [0.15, 0.2) is 0 Å². The fourth-order valence-electron chi connectivity index (χ4n) is 2.53. The number of hydrogen-bond acceptors (Lipinski definition) is 5. The Labute approximate surface area is 122 Å². The van der Waals surface area contributed by atoms with Crippen molar-refractivity contribution in [3.8, 4) is 0 Å². The standard InChI is InChI=1S/C15H29NO4/c1-2-19-15(18)6-4-3-5-9-16-10-7-14(8-11-16)20-13-12-17/h14,17H,2-13H2,1H3. The van der Waals surface area contributed by atoms with E-state index in [2.05, 4.69) is 4.90 Å². The third kappa shape index (κ3) is 7.82. The summed E-state index contributed by atoms with van der Waals surface area (Å²) >= 11 is 0. The summed E-state index contributed by atoms with van der Waals surface area (Å²) in [6.45, 7) is 6.15. The van der Waals surface area contributed by atoms with Gasteiger partial charge in [0.25, 0.3) is 0 Å². The molecule has 0 aromatic heterocycles. The number of rotatable bonds is 10. The van der Waals surface area contributed by atoms with Crippen LogP contribution in [0.1, 0.15) is 45.4 Å². The van der Waals surface area contributed by atoms with Gasteiger partial charge in [0.05, 0.1) is 25.9 Å². The molecule has 1 N–H and O–H groups in total. The second-order valence-corrected chi connectivity index (χ2v) is 5.25. The van der Waals surface area contributed by atoms with Crippen molar-refractivity contribution in [3.05, 3.63) is 0 Å². The van der Waals surface area contributed by atoms with Crippen LogP contribution < -0.4 is 0 Å². The van der Waals surface area contributed by atoms with E-state index >= 15 is 0 Å². The van der Waals surface area contributed by atoms with Crippen LogP contribution in [0.5, 0.6) is 0 Å². The van der Waals surface area contributed by atoms with Crippen LogP contribution in [0.4, 0.5) is 0 Å². The van der Waals surface area contributed by atoms with Crippen molar-refractivity contribution in [2.45, 2.75) is 51.6 Å². The summed E-state index contributed by atoms with van der Waals surface area (Å²) in [5, 5.41) is 8.72. The number of carbonyl (C=O) groups is 1. The average Bonchev–Trinajstić information content (AvgIpc) is 2.46. The number of piperidine rings is 1. The zero-order valence-corrected chi connectivity index (χ0v) is 12.7. The van der Waals surface area contributed by atoms with Gasteiger partial charge in [0.2, 0.25) is 0 Å². The summed E-state index contributed by atoms with van der Waals surface area (Å²) in [4.78, 5) is 13.6. The molecule has 20 heavy (non-hydrogen) atoms. The number of ether oxygens (including phenoxy) is 2. The summed E-state index contributed by atoms with van der Waals surface area (Å²) in [6.07, 6.45) is 6.13. The van der Waals surface area contributed by atoms with Crippen molar-refractivity contribution in [3.63, 3.8) is 0 Å². The Morgan fingerprint density at radius 3 is 2.65 bits per heavy atom. The van der Waals surface area contributed by atoms with E-state index in [1.807, 2.05) is 6.92 Å². The lowest BCUT2D eigenvalue weighted by Gasteiger charge is -2.31. The zero-order valence-electron chi connectivity index (χ0n) is 12.7. The molecule has 1 saturated heterocycles. The van der Waals surface area contributed by atoms with Crippen LogP contribution in [0.3, 0.4) is 0 Å². The summed E-state index contributed by atoms with van der Waals surface area (Å²) in [5.74, 6) is -0.0747. The number of aliphatic hydroxyl groups excluding tert-OH is 1. The summed E-state index contributed by atoms with van der Waals surface area (Å²) < 4.78 is 10.4. The molecule has 118 valence electrons. The molecule has 1 fully saturated rings. The second-order valence-electron chi connectivity index (χ2n) is 5.25. The molecule has 0 radical (unpaired) electrons. The molecule has 0 saturated carbocycles. The van der Waals surface area contributed by atoms with Crippen LogP contribution in [0, 0.1) is 0 Å². The number of likely N-dealkylation sites (tertiary alicyclic amines) is 1. The molecule has 1 heterocycles. The van der Waals surface area contributed by atoms with Crippen molar-refractivity contribution in [1.82, 2.24) is 4.90 Å². The molecule has 5 nitrogen and oxygen atoms in total. The van der Waals surface area contributed by atoms with Crippen LogP contribution in [-0.2, 0) is 14.3 Å². The smallest absolute Gasteiger partial charge is 0.305 e. The molecular formula is C15H29NO4. The highest BCUT2D eigenvalue weighted by atomic mass is 16.5. The van der Waals surface area contributed by atoms with E-state index in [0.717, 1.165) is 51.7 Å². The minimum absolute atomic E-state index is 0.0747. The van der Waals surface area contributed by atoms with Gasteiger partial charge < -0.3 is 19.5 Å². The molecule has 1 rings (SSSR count). The van der Waals surface area contributed by atoms with E-state index < -0.39 is 0 Å². The average molecular weight is 287 g/mol. The zero-order chi connectivity index (χ0) is 14.6. The first kappa shape index (κ1) is 17.4. The fraction of sp³-hybridized carbons (Fsp3) is 0.933. The first-order valence-corrected chi connectivity index (χ1v) is 7.86. The minimum atomic E-state index is -0.0747. The first-order valence-electron chi connectivity index (χ1n) is 7.86. The fourth-order valence-corrected chi connectivity index (χ4v) is 2.53. The molecule has 0 spiro atoms. The Balaban J connectivity index is 1.95. The highest BCUT2D eigenvalue weighted by Crippen LogP contribution is 2.14. The third-order valence-electron chi connectivity index (χ3n) is 3.64. The maximum Gasteiger partial charge on any atom is 0.305 e. The summed E-state index contributed by atoms with van der Waals surface area (Å²) in [6, 6.07) is 0. The van der Waals surface area contributed by atoms with Crippen molar-refractivity contribution in [2.24, 2.45) is 0 Å². The third-order valence-corrected chi connectivity index (χ3v) is 3.64. The molecule has 0 bridgehead atoms. The maximum absolute atomic E-state index is 11.2. The molecular weight excluding hydrogens is 258 g/mol.